The molecule has 2 aromatic carbocycles. The van der Waals surface area contributed by atoms with Crippen LogP contribution in [0.2, 0.25) is 5.02 Å². The second-order valence-electron chi connectivity index (χ2n) is 3.82. The number of hydrogen-bond donors (Lipinski definition) is 1. The summed E-state index contributed by atoms with van der Waals surface area (Å²) in [7, 11) is -3.32. The molecule has 0 fully saturated rings. The monoisotopic (exact) mass is 266 g/mol. The summed E-state index contributed by atoms with van der Waals surface area (Å²) in [4.78, 5) is 10.0. The average molecular weight is 267 g/mol. The molecule has 0 saturated heterocycles. The van der Waals surface area contributed by atoms with Gasteiger partial charge >= 0.3 is 0 Å². The van der Waals surface area contributed by atoms with Gasteiger partial charge in [0.05, 0.1) is 6.16 Å². The molecule has 0 spiro atoms. The van der Waals surface area contributed by atoms with Crippen molar-refractivity contribution in [1.82, 2.24) is 0 Å². The molecule has 1 unspecified atom stereocenters. The summed E-state index contributed by atoms with van der Waals surface area (Å²) in [5.74, 6) is 0. The fourth-order valence-electron chi connectivity index (χ4n) is 1.59. The topological polar surface area (TPSA) is 37.3 Å². The molecule has 0 aliphatic carbocycles. The van der Waals surface area contributed by atoms with Crippen molar-refractivity contribution in [3.8, 4) is 0 Å². The van der Waals surface area contributed by atoms with Crippen molar-refractivity contribution >= 4 is 24.3 Å². The van der Waals surface area contributed by atoms with Crippen molar-refractivity contribution in [3.05, 3.63) is 65.2 Å². The van der Waals surface area contributed by atoms with Crippen LogP contribution in [0.15, 0.2) is 54.6 Å². The van der Waals surface area contributed by atoms with Gasteiger partial charge in [-0.3, -0.25) is 4.57 Å². The number of rotatable bonds is 3. The smallest absolute Gasteiger partial charge is 0.233 e. The molecule has 0 amide bonds. The third kappa shape index (κ3) is 3.19. The first-order valence-electron chi connectivity index (χ1n) is 5.20. The Kier molecular flexibility index (Phi) is 3.68. The predicted molar refractivity (Wildman–Crippen MR) is 71.1 cm³/mol. The molecule has 0 bridgehead atoms. The van der Waals surface area contributed by atoms with E-state index in [4.69, 9.17) is 11.6 Å². The fourth-order valence-corrected chi connectivity index (χ4v) is 3.24. The van der Waals surface area contributed by atoms with Crippen LogP contribution >= 0.6 is 19.0 Å². The van der Waals surface area contributed by atoms with Crippen molar-refractivity contribution in [2.45, 2.75) is 6.16 Å². The molecule has 0 saturated carbocycles. The number of benzene rings is 2. The lowest BCUT2D eigenvalue weighted by Crippen LogP contribution is -2.05. The van der Waals surface area contributed by atoms with E-state index in [1.54, 1.807) is 48.5 Å². The van der Waals surface area contributed by atoms with Crippen LogP contribution in [0.4, 0.5) is 0 Å². The summed E-state index contributed by atoms with van der Waals surface area (Å²) in [6.45, 7) is 0. The lowest BCUT2D eigenvalue weighted by Gasteiger charge is -2.11. The van der Waals surface area contributed by atoms with Crippen molar-refractivity contribution < 1.29 is 9.46 Å². The largest absolute Gasteiger partial charge is 0.341 e. The second kappa shape index (κ2) is 5.05. The van der Waals surface area contributed by atoms with Crippen molar-refractivity contribution in [3.63, 3.8) is 0 Å². The highest BCUT2D eigenvalue weighted by Gasteiger charge is 2.21. The van der Waals surface area contributed by atoms with E-state index in [0.717, 1.165) is 5.56 Å². The van der Waals surface area contributed by atoms with Gasteiger partial charge < -0.3 is 4.89 Å². The standard InChI is InChI=1S/C13H12ClO2P/c14-12-8-6-11(7-9-12)10-17(15,16)13-4-2-1-3-5-13/h1-9H,10H2,(H,15,16). The quantitative estimate of drug-likeness (QED) is 0.864. The first kappa shape index (κ1) is 12.4. The molecule has 17 heavy (non-hydrogen) atoms. The molecule has 0 aliphatic heterocycles. The highest BCUT2D eigenvalue weighted by atomic mass is 35.5. The highest BCUT2D eigenvalue weighted by Crippen LogP contribution is 2.43. The van der Waals surface area contributed by atoms with Crippen LogP contribution in [-0.2, 0) is 10.7 Å². The highest BCUT2D eigenvalue weighted by molar-refractivity contribution is 7.65. The third-order valence-electron chi connectivity index (χ3n) is 2.47. The molecule has 1 N–H and O–H groups in total. The van der Waals surface area contributed by atoms with Gasteiger partial charge in [0.1, 0.15) is 0 Å². The third-order valence-corrected chi connectivity index (χ3v) is 4.62. The Bertz CT molecular complexity index is 537. The molecule has 2 rings (SSSR count). The van der Waals surface area contributed by atoms with Gasteiger partial charge in [-0.2, -0.15) is 0 Å². The first-order valence-corrected chi connectivity index (χ1v) is 7.42. The zero-order valence-electron chi connectivity index (χ0n) is 9.08. The molecule has 1 atom stereocenters. The maximum Gasteiger partial charge on any atom is 0.233 e. The maximum absolute atomic E-state index is 12.2. The van der Waals surface area contributed by atoms with E-state index in [-0.39, 0.29) is 6.16 Å². The van der Waals surface area contributed by atoms with Crippen LogP contribution in [0.25, 0.3) is 0 Å². The lowest BCUT2D eigenvalue weighted by atomic mass is 10.2. The van der Waals surface area contributed by atoms with Gasteiger partial charge in [-0.1, -0.05) is 41.9 Å². The minimum absolute atomic E-state index is 0.133. The molecule has 0 aliphatic rings. The summed E-state index contributed by atoms with van der Waals surface area (Å²) in [6, 6.07) is 15.7. The molecule has 0 heterocycles. The van der Waals surface area contributed by atoms with E-state index in [2.05, 4.69) is 0 Å². The first-order chi connectivity index (χ1) is 8.08. The second-order valence-corrected chi connectivity index (χ2v) is 6.49. The Labute approximate surface area is 105 Å². The fraction of sp³-hybridized carbons (Fsp3) is 0.0769. The van der Waals surface area contributed by atoms with Crippen LogP contribution < -0.4 is 5.30 Å². The van der Waals surface area contributed by atoms with Crippen LogP contribution in [0.1, 0.15) is 5.56 Å². The van der Waals surface area contributed by atoms with Gasteiger partial charge in [-0.05, 0) is 29.8 Å². The Morgan fingerprint density at radius 2 is 1.59 bits per heavy atom. The van der Waals surface area contributed by atoms with E-state index in [9.17, 15) is 9.46 Å². The van der Waals surface area contributed by atoms with Crippen LogP contribution in [-0.4, -0.2) is 4.89 Å². The summed E-state index contributed by atoms with van der Waals surface area (Å²) in [5.41, 5.74) is 0.809. The summed E-state index contributed by atoms with van der Waals surface area (Å²) >= 11 is 5.77. The van der Waals surface area contributed by atoms with E-state index in [0.29, 0.717) is 10.3 Å². The molecule has 0 radical (unpaired) electrons. The Hall–Kier alpha value is -1.08. The Morgan fingerprint density at radius 1 is 1.00 bits per heavy atom. The number of halogens is 1. The minimum atomic E-state index is -3.32. The molecule has 2 nitrogen and oxygen atoms in total. The van der Waals surface area contributed by atoms with Crippen molar-refractivity contribution in [2.24, 2.45) is 0 Å². The zero-order chi connectivity index (χ0) is 12.3. The van der Waals surface area contributed by atoms with Crippen LogP contribution in [0.5, 0.6) is 0 Å². The van der Waals surface area contributed by atoms with Gasteiger partial charge in [0.2, 0.25) is 7.37 Å². The summed E-state index contributed by atoms with van der Waals surface area (Å²) in [6.07, 6.45) is 0.133. The van der Waals surface area contributed by atoms with E-state index < -0.39 is 7.37 Å². The molecule has 2 aromatic rings. The molecule has 0 aromatic heterocycles. The minimum Gasteiger partial charge on any atom is -0.341 e. The van der Waals surface area contributed by atoms with Gasteiger partial charge in [0.25, 0.3) is 0 Å². The van der Waals surface area contributed by atoms with Gasteiger partial charge in [0, 0.05) is 10.3 Å². The average Bonchev–Trinajstić information content (AvgIpc) is 2.33. The van der Waals surface area contributed by atoms with Crippen LogP contribution in [0, 0.1) is 0 Å². The van der Waals surface area contributed by atoms with Crippen molar-refractivity contribution in [1.29, 1.82) is 0 Å². The molecular weight excluding hydrogens is 255 g/mol. The SMILES string of the molecule is O=P(O)(Cc1ccc(Cl)cc1)c1ccccc1. The van der Waals surface area contributed by atoms with Gasteiger partial charge in [-0.15, -0.1) is 0 Å². The number of hydrogen-bond acceptors (Lipinski definition) is 1. The molecule has 88 valence electrons. The Balaban J connectivity index is 2.23. The molecular formula is C13H12ClO2P. The zero-order valence-corrected chi connectivity index (χ0v) is 10.7. The Morgan fingerprint density at radius 3 is 2.18 bits per heavy atom. The molecule has 4 heteroatoms. The summed E-state index contributed by atoms with van der Waals surface area (Å²) in [5, 5.41) is 1.11. The predicted octanol–water partition coefficient (Wildman–Crippen LogP) is 3.44. The normalized spacial score (nSPS) is 14.2. The van der Waals surface area contributed by atoms with E-state index >= 15 is 0 Å². The van der Waals surface area contributed by atoms with Gasteiger partial charge in [-0.25, -0.2) is 0 Å². The maximum atomic E-state index is 12.2. The van der Waals surface area contributed by atoms with E-state index in [1.165, 1.54) is 0 Å². The lowest BCUT2D eigenvalue weighted by molar-refractivity contribution is 0.489. The summed E-state index contributed by atoms with van der Waals surface area (Å²) < 4.78 is 12.2. The van der Waals surface area contributed by atoms with E-state index in [1.807, 2.05) is 6.07 Å². The van der Waals surface area contributed by atoms with Crippen LogP contribution in [0.3, 0.4) is 0 Å². The van der Waals surface area contributed by atoms with Crippen molar-refractivity contribution in [2.75, 3.05) is 0 Å². The van der Waals surface area contributed by atoms with Gasteiger partial charge in [0.15, 0.2) is 0 Å².